The zero-order chi connectivity index (χ0) is 20.6. The van der Waals surface area contributed by atoms with Crippen molar-refractivity contribution < 1.29 is 13.2 Å². The van der Waals surface area contributed by atoms with Crippen LogP contribution in [0, 0.1) is 0 Å². The van der Waals surface area contributed by atoms with E-state index in [1.807, 2.05) is 38.1 Å². The van der Waals surface area contributed by atoms with E-state index in [0.29, 0.717) is 11.4 Å². The van der Waals surface area contributed by atoms with E-state index in [4.69, 9.17) is 0 Å². The number of para-hydroxylation sites is 1. The van der Waals surface area contributed by atoms with Crippen molar-refractivity contribution in [2.45, 2.75) is 50.1 Å². The second kappa shape index (κ2) is 7.61. The Morgan fingerprint density at radius 1 is 1.07 bits per heavy atom. The van der Waals surface area contributed by atoms with Crippen LogP contribution in [0.5, 0.6) is 0 Å². The summed E-state index contributed by atoms with van der Waals surface area (Å²) >= 11 is 0. The monoisotopic (exact) mass is 412 g/mol. The molecular weight excluding hydrogens is 388 g/mol. The lowest BCUT2D eigenvalue weighted by atomic mass is 10.0. The Hall–Kier alpha value is -2.71. The van der Waals surface area contributed by atoms with Gasteiger partial charge in [-0.15, -0.1) is 0 Å². The topological polar surface area (TPSA) is 95.2 Å². The van der Waals surface area contributed by atoms with Gasteiger partial charge in [0.1, 0.15) is 0 Å². The highest BCUT2D eigenvalue weighted by Crippen LogP contribution is 2.30. The molecule has 1 saturated heterocycles. The summed E-state index contributed by atoms with van der Waals surface area (Å²) in [6.07, 6.45) is 2.78. The Morgan fingerprint density at radius 2 is 1.72 bits per heavy atom. The number of amides is 1. The zero-order valence-electron chi connectivity index (χ0n) is 16.4. The van der Waals surface area contributed by atoms with Crippen molar-refractivity contribution in [1.29, 1.82) is 0 Å². The molecule has 2 heterocycles. The first kappa shape index (κ1) is 19.6. The maximum atomic E-state index is 13.1. The molecule has 2 atom stereocenters. The van der Waals surface area contributed by atoms with Crippen LogP contribution >= 0.6 is 0 Å². The molecular formula is C21H24N4O3S. The molecule has 1 aromatic heterocycles. The van der Waals surface area contributed by atoms with Crippen molar-refractivity contribution in [3.63, 3.8) is 0 Å². The molecule has 29 heavy (non-hydrogen) atoms. The highest BCUT2D eigenvalue weighted by atomic mass is 32.2. The first-order valence-corrected chi connectivity index (χ1v) is 11.2. The zero-order valence-corrected chi connectivity index (χ0v) is 17.2. The van der Waals surface area contributed by atoms with Gasteiger partial charge in [-0.2, -0.15) is 9.40 Å². The summed E-state index contributed by atoms with van der Waals surface area (Å²) in [4.78, 5) is 12.8. The molecule has 4 rings (SSSR count). The number of piperidine rings is 1. The number of H-pyrrole nitrogens is 1. The molecule has 0 spiro atoms. The number of anilines is 1. The molecule has 0 saturated carbocycles. The Morgan fingerprint density at radius 3 is 2.41 bits per heavy atom. The summed E-state index contributed by atoms with van der Waals surface area (Å²) in [6, 6.07) is 13.7. The highest BCUT2D eigenvalue weighted by molar-refractivity contribution is 7.89. The van der Waals surface area contributed by atoms with E-state index in [9.17, 15) is 13.2 Å². The number of carbonyl (C=O) groups is 1. The standard InChI is InChI=1S/C21H24N4O3S/c1-14-6-5-7-15(2)25(14)29(27,28)17-12-10-16(11-13-17)22-21(26)20-18-8-3-4-9-19(18)23-24-20/h3-4,8-15H,5-7H2,1-2H3,(H,22,26)(H,23,24). The molecule has 0 bridgehead atoms. The lowest BCUT2D eigenvalue weighted by molar-refractivity contribution is 0.102. The maximum Gasteiger partial charge on any atom is 0.276 e. The largest absolute Gasteiger partial charge is 0.321 e. The number of sulfonamides is 1. The summed E-state index contributed by atoms with van der Waals surface area (Å²) in [5.41, 5.74) is 1.60. The molecule has 0 radical (unpaired) electrons. The van der Waals surface area contributed by atoms with E-state index in [-0.39, 0.29) is 22.9 Å². The minimum absolute atomic E-state index is 0.0175. The van der Waals surface area contributed by atoms with Crippen LogP contribution in [-0.4, -0.2) is 40.9 Å². The first-order valence-electron chi connectivity index (χ1n) is 9.76. The predicted molar refractivity (Wildman–Crippen MR) is 112 cm³/mol. The first-order chi connectivity index (χ1) is 13.9. The fraction of sp³-hybridized carbons (Fsp3) is 0.333. The molecule has 1 aliphatic rings. The van der Waals surface area contributed by atoms with Gasteiger partial charge in [-0.25, -0.2) is 8.42 Å². The minimum Gasteiger partial charge on any atom is -0.321 e. The molecule has 1 amide bonds. The summed E-state index contributed by atoms with van der Waals surface area (Å²) in [5, 5.41) is 10.4. The van der Waals surface area contributed by atoms with Gasteiger partial charge in [0.05, 0.1) is 10.4 Å². The van der Waals surface area contributed by atoms with Crippen molar-refractivity contribution in [3.05, 3.63) is 54.2 Å². The second-order valence-corrected chi connectivity index (χ2v) is 9.40. The summed E-state index contributed by atoms with van der Waals surface area (Å²) in [5.74, 6) is -0.351. The molecule has 8 heteroatoms. The third-order valence-electron chi connectivity index (χ3n) is 5.49. The van der Waals surface area contributed by atoms with Crippen molar-refractivity contribution in [2.75, 3.05) is 5.32 Å². The number of nitrogens with zero attached hydrogens (tertiary/aromatic N) is 2. The number of hydrogen-bond donors (Lipinski definition) is 2. The van der Waals surface area contributed by atoms with Gasteiger partial charge in [0, 0.05) is 23.2 Å². The van der Waals surface area contributed by atoms with Gasteiger partial charge in [-0.1, -0.05) is 24.6 Å². The maximum absolute atomic E-state index is 13.1. The Balaban J connectivity index is 1.54. The van der Waals surface area contributed by atoms with E-state index in [1.54, 1.807) is 28.6 Å². The fourth-order valence-electron chi connectivity index (χ4n) is 4.03. The van der Waals surface area contributed by atoms with Gasteiger partial charge in [-0.05, 0) is 57.0 Å². The number of benzene rings is 2. The molecule has 0 aliphatic carbocycles. The van der Waals surface area contributed by atoms with Crippen LogP contribution in [0.3, 0.4) is 0 Å². The third kappa shape index (κ3) is 3.65. The van der Waals surface area contributed by atoms with Crippen LogP contribution in [0.25, 0.3) is 10.9 Å². The van der Waals surface area contributed by atoms with Crippen LogP contribution in [0.1, 0.15) is 43.6 Å². The molecule has 1 aliphatic heterocycles. The summed E-state index contributed by atoms with van der Waals surface area (Å²) < 4.78 is 27.8. The predicted octanol–water partition coefficient (Wildman–Crippen LogP) is 3.77. The van der Waals surface area contributed by atoms with Crippen molar-refractivity contribution in [3.8, 4) is 0 Å². The molecule has 2 unspecified atom stereocenters. The normalized spacial score (nSPS) is 20.6. The van der Waals surface area contributed by atoms with E-state index in [0.717, 1.165) is 30.2 Å². The van der Waals surface area contributed by atoms with E-state index in [1.165, 1.54) is 0 Å². The molecule has 3 aromatic rings. The molecule has 7 nitrogen and oxygen atoms in total. The minimum atomic E-state index is -3.57. The number of hydrogen-bond acceptors (Lipinski definition) is 4. The van der Waals surface area contributed by atoms with E-state index in [2.05, 4.69) is 15.5 Å². The number of aromatic amines is 1. The van der Waals surface area contributed by atoms with Gasteiger partial charge in [-0.3, -0.25) is 9.89 Å². The number of fused-ring (bicyclic) bond motifs is 1. The van der Waals surface area contributed by atoms with Gasteiger partial charge in [0.15, 0.2) is 5.69 Å². The average molecular weight is 413 g/mol. The van der Waals surface area contributed by atoms with Gasteiger partial charge in [0.25, 0.3) is 5.91 Å². The van der Waals surface area contributed by atoms with Crippen LogP contribution in [0.15, 0.2) is 53.4 Å². The molecule has 2 N–H and O–H groups in total. The lowest BCUT2D eigenvalue weighted by Crippen LogP contribution is -2.47. The summed E-state index contributed by atoms with van der Waals surface area (Å²) in [7, 11) is -3.57. The van der Waals surface area contributed by atoms with Crippen molar-refractivity contribution in [1.82, 2.24) is 14.5 Å². The Kier molecular flexibility index (Phi) is 5.14. The van der Waals surface area contributed by atoms with E-state index >= 15 is 0 Å². The van der Waals surface area contributed by atoms with Crippen LogP contribution in [0.2, 0.25) is 0 Å². The molecule has 1 fully saturated rings. The smallest absolute Gasteiger partial charge is 0.276 e. The second-order valence-electron chi connectivity index (χ2n) is 7.56. The fourth-order valence-corrected chi connectivity index (χ4v) is 5.91. The SMILES string of the molecule is CC1CCCC(C)N1S(=O)(=O)c1ccc(NC(=O)c2n[nH]c3ccccc23)cc1. The molecule has 152 valence electrons. The molecule has 2 aromatic carbocycles. The number of rotatable bonds is 4. The van der Waals surface area contributed by atoms with Crippen molar-refractivity contribution in [2.24, 2.45) is 0 Å². The number of nitrogens with one attached hydrogen (secondary N) is 2. The Bertz CT molecular complexity index is 1130. The van der Waals surface area contributed by atoms with Crippen molar-refractivity contribution >= 4 is 32.5 Å². The van der Waals surface area contributed by atoms with Crippen LogP contribution in [0.4, 0.5) is 5.69 Å². The third-order valence-corrected chi connectivity index (χ3v) is 7.63. The number of carbonyl (C=O) groups excluding carboxylic acids is 1. The quantitative estimate of drug-likeness (QED) is 0.682. The average Bonchev–Trinajstić information content (AvgIpc) is 3.12. The van der Waals surface area contributed by atoms with Gasteiger partial charge in [0.2, 0.25) is 10.0 Å². The number of aromatic nitrogens is 2. The lowest BCUT2D eigenvalue weighted by Gasteiger charge is -2.37. The van der Waals surface area contributed by atoms with Crippen LogP contribution in [-0.2, 0) is 10.0 Å². The summed E-state index contributed by atoms with van der Waals surface area (Å²) in [6.45, 7) is 3.91. The van der Waals surface area contributed by atoms with Gasteiger partial charge >= 0.3 is 0 Å². The highest BCUT2D eigenvalue weighted by Gasteiger charge is 2.35. The van der Waals surface area contributed by atoms with Gasteiger partial charge < -0.3 is 5.32 Å². The Labute approximate surface area is 170 Å². The van der Waals surface area contributed by atoms with E-state index < -0.39 is 10.0 Å². The van der Waals surface area contributed by atoms with Crippen LogP contribution < -0.4 is 5.32 Å².